The van der Waals surface area contributed by atoms with Crippen LogP contribution >= 0.6 is 11.8 Å². The summed E-state index contributed by atoms with van der Waals surface area (Å²) in [6.45, 7) is 6.86. The molecule has 5 heteroatoms. The number of hydrogen-bond donors (Lipinski definition) is 1. The van der Waals surface area contributed by atoms with Crippen LogP contribution in [-0.4, -0.2) is 40.0 Å². The molecule has 0 bridgehead atoms. The SMILES string of the molecule is CC(C)N1CCC(Nc2cncc(SCc3ccccc3)n2)CC1. The molecule has 0 spiro atoms. The predicted molar refractivity (Wildman–Crippen MR) is 101 cm³/mol. The number of hydrogen-bond acceptors (Lipinski definition) is 5. The van der Waals surface area contributed by atoms with Crippen molar-refractivity contribution in [1.29, 1.82) is 0 Å². The van der Waals surface area contributed by atoms with Crippen LogP contribution in [0.5, 0.6) is 0 Å². The molecule has 1 aromatic heterocycles. The van der Waals surface area contributed by atoms with Crippen LogP contribution in [0.2, 0.25) is 0 Å². The van der Waals surface area contributed by atoms with Gasteiger partial charge in [0, 0.05) is 30.9 Å². The molecule has 0 saturated carbocycles. The summed E-state index contributed by atoms with van der Waals surface area (Å²) in [5.74, 6) is 1.82. The average molecular weight is 343 g/mol. The molecule has 3 rings (SSSR count). The number of aromatic nitrogens is 2. The Hall–Kier alpha value is -1.59. The highest BCUT2D eigenvalue weighted by molar-refractivity contribution is 7.98. The third kappa shape index (κ3) is 4.95. The van der Waals surface area contributed by atoms with Gasteiger partial charge in [-0.3, -0.25) is 4.98 Å². The maximum absolute atomic E-state index is 4.71. The molecule has 1 aromatic carbocycles. The fourth-order valence-corrected chi connectivity index (χ4v) is 3.79. The van der Waals surface area contributed by atoms with Gasteiger partial charge in [0.1, 0.15) is 10.8 Å². The summed E-state index contributed by atoms with van der Waals surface area (Å²) >= 11 is 1.73. The minimum atomic E-state index is 0.503. The lowest BCUT2D eigenvalue weighted by Gasteiger charge is -2.35. The van der Waals surface area contributed by atoms with Crippen LogP contribution in [0.3, 0.4) is 0 Å². The van der Waals surface area contributed by atoms with E-state index in [1.54, 1.807) is 11.8 Å². The van der Waals surface area contributed by atoms with Crippen LogP contribution in [0.25, 0.3) is 0 Å². The van der Waals surface area contributed by atoms with Crippen molar-refractivity contribution in [3.8, 4) is 0 Å². The lowest BCUT2D eigenvalue weighted by Crippen LogP contribution is -2.42. The fraction of sp³-hybridized carbons (Fsp3) is 0.474. The van der Waals surface area contributed by atoms with E-state index in [2.05, 4.69) is 53.3 Å². The van der Waals surface area contributed by atoms with Gasteiger partial charge in [0.2, 0.25) is 0 Å². The van der Waals surface area contributed by atoms with Crippen LogP contribution in [0.1, 0.15) is 32.3 Å². The van der Waals surface area contributed by atoms with E-state index in [-0.39, 0.29) is 0 Å². The molecule has 1 saturated heterocycles. The molecule has 0 radical (unpaired) electrons. The highest BCUT2D eigenvalue weighted by atomic mass is 32.2. The zero-order chi connectivity index (χ0) is 16.8. The Balaban J connectivity index is 1.52. The van der Waals surface area contributed by atoms with Crippen molar-refractivity contribution in [2.45, 2.75) is 49.6 Å². The monoisotopic (exact) mass is 342 g/mol. The number of nitrogens with zero attached hydrogens (tertiary/aromatic N) is 3. The molecule has 4 nitrogen and oxygen atoms in total. The Labute approximate surface area is 149 Å². The maximum Gasteiger partial charge on any atom is 0.146 e. The summed E-state index contributed by atoms with van der Waals surface area (Å²) in [6, 6.07) is 11.6. The van der Waals surface area contributed by atoms with E-state index < -0.39 is 0 Å². The van der Waals surface area contributed by atoms with E-state index in [1.807, 2.05) is 18.5 Å². The van der Waals surface area contributed by atoms with Crippen molar-refractivity contribution >= 4 is 17.6 Å². The van der Waals surface area contributed by atoms with Crippen LogP contribution in [0.15, 0.2) is 47.8 Å². The summed E-state index contributed by atoms with van der Waals surface area (Å²) < 4.78 is 0. The van der Waals surface area contributed by atoms with Gasteiger partial charge in [0.15, 0.2) is 0 Å². The summed E-state index contributed by atoms with van der Waals surface area (Å²) in [4.78, 5) is 11.6. The third-order valence-electron chi connectivity index (χ3n) is 4.45. The summed E-state index contributed by atoms with van der Waals surface area (Å²) in [6.07, 6.45) is 6.02. The average Bonchev–Trinajstić information content (AvgIpc) is 2.62. The van der Waals surface area contributed by atoms with Gasteiger partial charge in [-0.25, -0.2) is 4.98 Å². The van der Waals surface area contributed by atoms with Crippen molar-refractivity contribution in [1.82, 2.24) is 14.9 Å². The van der Waals surface area contributed by atoms with Crippen molar-refractivity contribution in [2.24, 2.45) is 0 Å². The molecule has 0 unspecified atom stereocenters. The first-order chi connectivity index (χ1) is 11.7. The van der Waals surface area contributed by atoms with Crippen LogP contribution < -0.4 is 5.32 Å². The van der Waals surface area contributed by atoms with E-state index in [1.165, 1.54) is 18.4 Å². The maximum atomic E-state index is 4.71. The second-order valence-electron chi connectivity index (χ2n) is 6.57. The molecular weight excluding hydrogens is 316 g/mol. The number of piperidine rings is 1. The number of benzene rings is 1. The van der Waals surface area contributed by atoms with Gasteiger partial charge in [-0.1, -0.05) is 30.3 Å². The summed E-state index contributed by atoms with van der Waals surface area (Å²) in [5, 5.41) is 4.54. The van der Waals surface area contributed by atoms with E-state index in [4.69, 9.17) is 4.98 Å². The van der Waals surface area contributed by atoms with Crippen LogP contribution in [0, 0.1) is 0 Å². The molecule has 1 N–H and O–H groups in total. The van der Waals surface area contributed by atoms with Crippen LogP contribution in [-0.2, 0) is 5.75 Å². The molecule has 0 amide bonds. The Bertz CT molecular complexity index is 624. The normalized spacial score (nSPS) is 16.5. The topological polar surface area (TPSA) is 41.0 Å². The third-order valence-corrected chi connectivity index (χ3v) is 5.42. The van der Waals surface area contributed by atoms with E-state index in [0.717, 1.165) is 29.7 Å². The minimum Gasteiger partial charge on any atom is -0.366 e. The minimum absolute atomic E-state index is 0.503. The molecule has 2 aromatic rings. The van der Waals surface area contributed by atoms with Gasteiger partial charge >= 0.3 is 0 Å². The number of anilines is 1. The lowest BCUT2D eigenvalue weighted by atomic mass is 10.0. The Morgan fingerprint density at radius 2 is 1.92 bits per heavy atom. The second kappa shape index (κ2) is 8.49. The van der Waals surface area contributed by atoms with Gasteiger partial charge < -0.3 is 10.2 Å². The standard InChI is InChI=1S/C19H26N4S/c1-15(2)23-10-8-17(9-11-23)21-18-12-20-13-19(22-18)24-14-16-6-4-3-5-7-16/h3-7,12-13,15,17H,8-11,14H2,1-2H3,(H,21,22). The fourth-order valence-electron chi connectivity index (χ4n) is 2.99. The van der Waals surface area contributed by atoms with Gasteiger partial charge in [-0.05, 0) is 32.3 Å². The molecule has 0 atom stereocenters. The zero-order valence-corrected chi connectivity index (χ0v) is 15.3. The summed E-state index contributed by atoms with van der Waals surface area (Å²) in [5.41, 5.74) is 1.31. The second-order valence-corrected chi connectivity index (χ2v) is 7.56. The first-order valence-electron chi connectivity index (χ1n) is 8.70. The highest BCUT2D eigenvalue weighted by Crippen LogP contribution is 2.22. The zero-order valence-electron chi connectivity index (χ0n) is 14.5. The van der Waals surface area contributed by atoms with Gasteiger partial charge in [0.25, 0.3) is 0 Å². The predicted octanol–water partition coefficient (Wildman–Crippen LogP) is 4.05. The van der Waals surface area contributed by atoms with Crippen molar-refractivity contribution in [3.05, 3.63) is 48.3 Å². The molecule has 1 aliphatic rings. The molecule has 1 fully saturated rings. The van der Waals surface area contributed by atoms with Crippen molar-refractivity contribution in [2.75, 3.05) is 18.4 Å². The molecule has 0 aliphatic carbocycles. The van der Waals surface area contributed by atoms with Crippen LogP contribution in [0.4, 0.5) is 5.82 Å². The quantitative estimate of drug-likeness (QED) is 0.802. The van der Waals surface area contributed by atoms with Gasteiger partial charge in [-0.15, -0.1) is 11.8 Å². The largest absolute Gasteiger partial charge is 0.366 e. The van der Waals surface area contributed by atoms with E-state index in [9.17, 15) is 0 Å². The van der Waals surface area contributed by atoms with Gasteiger partial charge in [-0.2, -0.15) is 0 Å². The molecule has 2 heterocycles. The molecule has 24 heavy (non-hydrogen) atoms. The number of thioether (sulfide) groups is 1. The van der Waals surface area contributed by atoms with Crippen molar-refractivity contribution in [3.63, 3.8) is 0 Å². The Morgan fingerprint density at radius 1 is 1.17 bits per heavy atom. The molecular formula is C19H26N4S. The Kier molecular flexibility index (Phi) is 6.10. The Morgan fingerprint density at radius 3 is 2.62 bits per heavy atom. The summed E-state index contributed by atoms with van der Waals surface area (Å²) in [7, 11) is 0. The molecule has 1 aliphatic heterocycles. The first-order valence-corrected chi connectivity index (χ1v) is 9.68. The highest BCUT2D eigenvalue weighted by Gasteiger charge is 2.20. The van der Waals surface area contributed by atoms with Gasteiger partial charge in [0.05, 0.1) is 12.4 Å². The molecule has 128 valence electrons. The number of nitrogens with one attached hydrogen (secondary N) is 1. The number of likely N-dealkylation sites (tertiary alicyclic amines) is 1. The van der Waals surface area contributed by atoms with Crippen molar-refractivity contribution < 1.29 is 0 Å². The number of rotatable bonds is 6. The first kappa shape index (κ1) is 17.2. The smallest absolute Gasteiger partial charge is 0.146 e. The van der Waals surface area contributed by atoms with E-state index in [0.29, 0.717) is 12.1 Å². The lowest BCUT2D eigenvalue weighted by molar-refractivity contribution is 0.177. The van der Waals surface area contributed by atoms with E-state index >= 15 is 0 Å².